The summed E-state index contributed by atoms with van der Waals surface area (Å²) in [6.07, 6.45) is 5.44. The predicted octanol–water partition coefficient (Wildman–Crippen LogP) is 2.89. The SMILES string of the molecule is CCCNC(C)(CC(C)n1ccnc1C(C)C)C(=O)OC. The molecule has 0 saturated carbocycles. The summed E-state index contributed by atoms with van der Waals surface area (Å²) in [5.41, 5.74) is -0.678. The standard InChI is InChI=1S/C16H29N3O2/c1-7-8-18-16(5,15(20)21-6)11-13(4)19-10-9-17-14(19)12(2)3/h9-10,12-13,18H,7-8,11H2,1-6H3. The van der Waals surface area contributed by atoms with Gasteiger partial charge in [0.25, 0.3) is 0 Å². The van der Waals surface area contributed by atoms with E-state index in [1.165, 1.54) is 7.11 Å². The van der Waals surface area contributed by atoms with E-state index in [9.17, 15) is 4.79 Å². The highest BCUT2D eigenvalue weighted by Gasteiger charge is 2.36. The maximum Gasteiger partial charge on any atom is 0.325 e. The molecule has 120 valence electrons. The maximum atomic E-state index is 12.2. The summed E-state index contributed by atoms with van der Waals surface area (Å²) < 4.78 is 7.13. The quantitative estimate of drug-likeness (QED) is 0.749. The normalized spacial score (nSPS) is 15.8. The van der Waals surface area contributed by atoms with Gasteiger partial charge >= 0.3 is 5.97 Å². The Morgan fingerprint density at radius 1 is 1.48 bits per heavy atom. The molecule has 0 bridgehead atoms. The minimum Gasteiger partial charge on any atom is -0.468 e. The highest BCUT2D eigenvalue weighted by Crippen LogP contribution is 2.25. The molecule has 0 aliphatic rings. The number of nitrogens with one attached hydrogen (secondary N) is 1. The van der Waals surface area contributed by atoms with E-state index in [-0.39, 0.29) is 12.0 Å². The van der Waals surface area contributed by atoms with Crippen molar-refractivity contribution >= 4 is 5.97 Å². The van der Waals surface area contributed by atoms with Crippen LogP contribution in [0.15, 0.2) is 12.4 Å². The van der Waals surface area contributed by atoms with E-state index in [1.54, 1.807) is 0 Å². The molecule has 1 aromatic heterocycles. The van der Waals surface area contributed by atoms with Gasteiger partial charge in [-0.1, -0.05) is 20.8 Å². The van der Waals surface area contributed by atoms with Crippen LogP contribution in [0.25, 0.3) is 0 Å². The third-order valence-corrected chi connectivity index (χ3v) is 3.79. The third kappa shape index (κ3) is 4.30. The van der Waals surface area contributed by atoms with Gasteiger partial charge in [-0.2, -0.15) is 0 Å². The van der Waals surface area contributed by atoms with Crippen molar-refractivity contribution in [3.8, 4) is 0 Å². The second-order valence-electron chi connectivity index (χ2n) is 6.15. The van der Waals surface area contributed by atoms with Crippen molar-refractivity contribution in [3.63, 3.8) is 0 Å². The van der Waals surface area contributed by atoms with E-state index in [4.69, 9.17) is 4.74 Å². The van der Waals surface area contributed by atoms with Crippen LogP contribution in [0.4, 0.5) is 0 Å². The Hall–Kier alpha value is -1.36. The number of hydrogen-bond donors (Lipinski definition) is 1. The van der Waals surface area contributed by atoms with Gasteiger partial charge in [-0.25, -0.2) is 4.98 Å². The van der Waals surface area contributed by atoms with Crippen LogP contribution in [0.5, 0.6) is 0 Å². The summed E-state index contributed by atoms with van der Waals surface area (Å²) in [6.45, 7) is 11.2. The molecule has 5 nitrogen and oxygen atoms in total. The maximum absolute atomic E-state index is 12.2. The van der Waals surface area contributed by atoms with Crippen LogP contribution < -0.4 is 5.32 Å². The number of carbonyl (C=O) groups excluding carboxylic acids is 1. The molecule has 1 rings (SSSR count). The van der Waals surface area contributed by atoms with Crippen molar-refractivity contribution in [1.29, 1.82) is 0 Å². The topological polar surface area (TPSA) is 56.2 Å². The number of methoxy groups -OCH3 is 1. The molecule has 0 aliphatic carbocycles. The van der Waals surface area contributed by atoms with Crippen LogP contribution in [0.3, 0.4) is 0 Å². The Morgan fingerprint density at radius 2 is 2.14 bits per heavy atom. The number of ether oxygens (including phenoxy) is 1. The number of imidazole rings is 1. The Labute approximate surface area is 128 Å². The van der Waals surface area contributed by atoms with E-state index >= 15 is 0 Å². The van der Waals surface area contributed by atoms with E-state index in [0.717, 1.165) is 18.8 Å². The molecule has 0 aromatic carbocycles. The molecule has 1 aromatic rings. The lowest BCUT2D eigenvalue weighted by atomic mass is 9.93. The molecule has 0 aliphatic heterocycles. The Kier molecular flexibility index (Phi) is 6.40. The summed E-state index contributed by atoms with van der Waals surface area (Å²) >= 11 is 0. The first-order valence-corrected chi connectivity index (χ1v) is 7.71. The molecule has 0 fully saturated rings. The third-order valence-electron chi connectivity index (χ3n) is 3.79. The van der Waals surface area contributed by atoms with Crippen molar-refractivity contribution in [3.05, 3.63) is 18.2 Å². The van der Waals surface area contributed by atoms with Crippen LogP contribution in [0, 0.1) is 0 Å². The first kappa shape index (κ1) is 17.7. The molecule has 0 radical (unpaired) electrons. The van der Waals surface area contributed by atoms with Gasteiger partial charge in [-0.05, 0) is 33.2 Å². The number of nitrogens with zero attached hydrogens (tertiary/aromatic N) is 2. The zero-order valence-electron chi connectivity index (χ0n) is 14.1. The second kappa shape index (κ2) is 7.59. The lowest BCUT2D eigenvalue weighted by molar-refractivity contribution is -0.148. The van der Waals surface area contributed by atoms with E-state index < -0.39 is 5.54 Å². The zero-order valence-corrected chi connectivity index (χ0v) is 14.1. The molecular formula is C16H29N3O2. The lowest BCUT2D eigenvalue weighted by Crippen LogP contribution is -2.51. The summed E-state index contributed by atoms with van der Waals surface area (Å²) in [6, 6.07) is 0.165. The van der Waals surface area contributed by atoms with E-state index in [2.05, 4.69) is 42.6 Å². The molecule has 0 amide bonds. The molecule has 5 heteroatoms. The van der Waals surface area contributed by atoms with Gasteiger partial charge < -0.3 is 14.6 Å². The fourth-order valence-corrected chi connectivity index (χ4v) is 2.69. The molecule has 0 saturated heterocycles. The van der Waals surface area contributed by atoms with Crippen molar-refractivity contribution in [1.82, 2.24) is 14.9 Å². The Morgan fingerprint density at radius 3 is 2.67 bits per heavy atom. The fraction of sp³-hybridized carbons (Fsp3) is 0.750. The summed E-state index contributed by atoms with van der Waals surface area (Å²) in [4.78, 5) is 16.6. The highest BCUT2D eigenvalue weighted by atomic mass is 16.5. The van der Waals surface area contributed by atoms with Crippen molar-refractivity contribution in [2.24, 2.45) is 0 Å². The minimum atomic E-state index is -0.678. The number of hydrogen-bond acceptors (Lipinski definition) is 4. The molecule has 2 unspecified atom stereocenters. The Bertz CT molecular complexity index is 456. The van der Waals surface area contributed by atoms with Gasteiger partial charge in [0, 0.05) is 24.4 Å². The van der Waals surface area contributed by atoms with Crippen LogP contribution in [-0.2, 0) is 9.53 Å². The second-order valence-corrected chi connectivity index (χ2v) is 6.15. The average Bonchev–Trinajstić information content (AvgIpc) is 2.93. The predicted molar refractivity (Wildman–Crippen MR) is 84.4 cm³/mol. The zero-order chi connectivity index (χ0) is 16.0. The van der Waals surface area contributed by atoms with E-state index in [1.807, 2.05) is 19.3 Å². The van der Waals surface area contributed by atoms with Gasteiger partial charge in [0.05, 0.1) is 7.11 Å². The van der Waals surface area contributed by atoms with Crippen molar-refractivity contribution in [2.75, 3.05) is 13.7 Å². The van der Waals surface area contributed by atoms with Gasteiger partial charge in [0.2, 0.25) is 0 Å². The highest BCUT2D eigenvalue weighted by molar-refractivity contribution is 5.80. The van der Waals surface area contributed by atoms with Crippen molar-refractivity contribution < 1.29 is 9.53 Å². The van der Waals surface area contributed by atoms with Crippen LogP contribution in [0.1, 0.15) is 65.2 Å². The summed E-state index contributed by atoms with van der Waals surface area (Å²) in [5.74, 6) is 1.19. The first-order valence-electron chi connectivity index (χ1n) is 7.71. The molecule has 21 heavy (non-hydrogen) atoms. The van der Waals surface area contributed by atoms with Gasteiger partial charge in [0.1, 0.15) is 11.4 Å². The average molecular weight is 295 g/mol. The van der Waals surface area contributed by atoms with Crippen molar-refractivity contribution in [2.45, 2.75) is 65.0 Å². The van der Waals surface area contributed by atoms with Crippen LogP contribution in [0.2, 0.25) is 0 Å². The number of carbonyl (C=O) groups is 1. The number of esters is 1. The molecule has 1 heterocycles. The minimum absolute atomic E-state index is 0.165. The Balaban J connectivity index is 2.92. The lowest BCUT2D eigenvalue weighted by Gasteiger charge is -2.32. The van der Waals surface area contributed by atoms with Crippen LogP contribution in [-0.4, -0.2) is 34.7 Å². The molecular weight excluding hydrogens is 266 g/mol. The first-order chi connectivity index (χ1) is 9.85. The van der Waals surface area contributed by atoms with Gasteiger partial charge in [-0.3, -0.25) is 4.79 Å². The smallest absolute Gasteiger partial charge is 0.325 e. The fourth-order valence-electron chi connectivity index (χ4n) is 2.69. The number of rotatable bonds is 8. The van der Waals surface area contributed by atoms with Crippen LogP contribution >= 0.6 is 0 Å². The summed E-state index contributed by atoms with van der Waals surface area (Å²) in [7, 11) is 1.44. The summed E-state index contributed by atoms with van der Waals surface area (Å²) in [5, 5.41) is 3.33. The number of aromatic nitrogens is 2. The van der Waals surface area contributed by atoms with Gasteiger partial charge in [0.15, 0.2) is 0 Å². The molecule has 0 spiro atoms. The van der Waals surface area contributed by atoms with Gasteiger partial charge in [-0.15, -0.1) is 0 Å². The largest absolute Gasteiger partial charge is 0.468 e. The van der Waals surface area contributed by atoms with E-state index in [0.29, 0.717) is 12.3 Å². The molecule has 1 N–H and O–H groups in total. The monoisotopic (exact) mass is 295 g/mol. The molecule has 2 atom stereocenters.